The minimum absolute atomic E-state index is 0.0382. The zero-order valence-electron chi connectivity index (χ0n) is 13.2. The SMILES string of the molecule is Cc1ccc(N2CC(N(C)C(=O)Cc3ccc(F)cc3)C2)nn1. The molecule has 0 N–H and O–H groups in total. The third kappa shape index (κ3) is 3.47. The Kier molecular flexibility index (Phi) is 4.23. The van der Waals surface area contributed by atoms with Gasteiger partial charge in [0.25, 0.3) is 0 Å². The maximum Gasteiger partial charge on any atom is 0.227 e. The molecule has 1 aromatic carbocycles. The molecule has 0 spiro atoms. The molecule has 120 valence electrons. The highest BCUT2D eigenvalue weighted by molar-refractivity contribution is 5.79. The molecule has 0 atom stereocenters. The summed E-state index contributed by atoms with van der Waals surface area (Å²) in [5, 5.41) is 8.20. The third-order valence-corrected chi connectivity index (χ3v) is 4.18. The zero-order valence-corrected chi connectivity index (χ0v) is 13.2. The molecule has 1 amide bonds. The quantitative estimate of drug-likeness (QED) is 0.864. The second-order valence-electron chi connectivity index (χ2n) is 5.90. The highest BCUT2D eigenvalue weighted by Crippen LogP contribution is 2.21. The molecule has 0 unspecified atom stereocenters. The van der Waals surface area contributed by atoms with E-state index in [0.29, 0.717) is 0 Å². The second kappa shape index (κ2) is 6.32. The lowest BCUT2D eigenvalue weighted by molar-refractivity contribution is -0.131. The van der Waals surface area contributed by atoms with Gasteiger partial charge < -0.3 is 9.80 Å². The van der Waals surface area contributed by atoms with Crippen molar-refractivity contribution in [2.45, 2.75) is 19.4 Å². The molecular formula is C17H19FN4O. The summed E-state index contributed by atoms with van der Waals surface area (Å²) in [7, 11) is 1.81. The van der Waals surface area contributed by atoms with Crippen LogP contribution in [0.4, 0.5) is 10.2 Å². The molecule has 3 rings (SSSR count). The van der Waals surface area contributed by atoms with Gasteiger partial charge in [0.15, 0.2) is 5.82 Å². The van der Waals surface area contributed by atoms with Gasteiger partial charge in [-0.15, -0.1) is 5.10 Å². The maximum absolute atomic E-state index is 12.9. The van der Waals surface area contributed by atoms with E-state index in [1.165, 1.54) is 12.1 Å². The number of halogens is 1. The predicted octanol–water partition coefficient (Wildman–Crippen LogP) is 1.81. The van der Waals surface area contributed by atoms with Crippen molar-refractivity contribution in [1.29, 1.82) is 0 Å². The lowest BCUT2D eigenvalue weighted by Gasteiger charge is -2.44. The first kappa shape index (κ1) is 15.4. The van der Waals surface area contributed by atoms with Gasteiger partial charge in [0.05, 0.1) is 18.2 Å². The highest BCUT2D eigenvalue weighted by Gasteiger charge is 2.33. The van der Waals surface area contributed by atoms with Crippen LogP contribution in [0.15, 0.2) is 36.4 Å². The summed E-state index contributed by atoms with van der Waals surface area (Å²) in [6.07, 6.45) is 0.289. The largest absolute Gasteiger partial charge is 0.351 e. The van der Waals surface area contributed by atoms with Crippen molar-refractivity contribution in [3.05, 3.63) is 53.5 Å². The van der Waals surface area contributed by atoms with Crippen molar-refractivity contribution in [3.8, 4) is 0 Å². The molecule has 0 saturated carbocycles. The Balaban J connectivity index is 1.53. The Morgan fingerprint density at radius 2 is 1.91 bits per heavy atom. The lowest BCUT2D eigenvalue weighted by atomic mass is 10.1. The predicted molar refractivity (Wildman–Crippen MR) is 85.6 cm³/mol. The van der Waals surface area contributed by atoms with E-state index in [9.17, 15) is 9.18 Å². The number of hydrogen-bond acceptors (Lipinski definition) is 4. The Morgan fingerprint density at radius 3 is 2.52 bits per heavy atom. The molecule has 6 heteroatoms. The average Bonchev–Trinajstić information content (AvgIpc) is 2.50. The minimum Gasteiger partial charge on any atom is -0.351 e. The summed E-state index contributed by atoms with van der Waals surface area (Å²) in [5.74, 6) is 0.589. The van der Waals surface area contributed by atoms with Crippen LogP contribution < -0.4 is 4.90 Å². The fourth-order valence-electron chi connectivity index (χ4n) is 2.55. The van der Waals surface area contributed by atoms with Crippen LogP contribution in [-0.2, 0) is 11.2 Å². The standard InChI is InChI=1S/C17H19FN4O/c1-12-3-8-16(20-19-12)22-10-15(11-22)21(2)17(23)9-13-4-6-14(18)7-5-13/h3-8,15H,9-11H2,1-2H3. The van der Waals surface area contributed by atoms with E-state index in [4.69, 9.17) is 0 Å². The van der Waals surface area contributed by atoms with Crippen LogP contribution in [0.1, 0.15) is 11.3 Å². The maximum atomic E-state index is 12.9. The molecule has 1 fully saturated rings. The number of aryl methyl sites for hydroxylation is 1. The van der Waals surface area contributed by atoms with E-state index in [2.05, 4.69) is 15.1 Å². The molecule has 23 heavy (non-hydrogen) atoms. The van der Waals surface area contributed by atoms with Crippen LogP contribution in [0, 0.1) is 12.7 Å². The van der Waals surface area contributed by atoms with Gasteiger partial charge in [0.1, 0.15) is 5.82 Å². The number of amides is 1. The number of rotatable bonds is 4. The molecule has 0 bridgehead atoms. The molecule has 2 heterocycles. The second-order valence-corrected chi connectivity index (χ2v) is 5.90. The number of benzene rings is 1. The summed E-state index contributed by atoms with van der Waals surface area (Å²) < 4.78 is 12.9. The Hall–Kier alpha value is -2.50. The highest BCUT2D eigenvalue weighted by atomic mass is 19.1. The number of nitrogens with zero attached hydrogens (tertiary/aromatic N) is 4. The van der Waals surface area contributed by atoms with Crippen molar-refractivity contribution in [1.82, 2.24) is 15.1 Å². The van der Waals surface area contributed by atoms with E-state index < -0.39 is 0 Å². The minimum atomic E-state index is -0.289. The van der Waals surface area contributed by atoms with Gasteiger partial charge in [-0.1, -0.05) is 12.1 Å². The van der Waals surface area contributed by atoms with E-state index in [1.807, 2.05) is 26.1 Å². The lowest BCUT2D eigenvalue weighted by Crippen LogP contribution is -2.60. The first-order valence-electron chi connectivity index (χ1n) is 7.58. The Morgan fingerprint density at radius 1 is 1.22 bits per heavy atom. The van der Waals surface area contributed by atoms with Gasteiger partial charge in [0.2, 0.25) is 5.91 Å². The van der Waals surface area contributed by atoms with E-state index >= 15 is 0 Å². The molecular weight excluding hydrogens is 295 g/mol. The number of likely N-dealkylation sites (N-methyl/N-ethyl adjacent to an activating group) is 1. The van der Waals surface area contributed by atoms with E-state index in [-0.39, 0.29) is 24.2 Å². The van der Waals surface area contributed by atoms with Gasteiger partial charge >= 0.3 is 0 Å². The summed E-state index contributed by atoms with van der Waals surface area (Å²) in [6.45, 7) is 3.41. The first-order valence-corrected chi connectivity index (χ1v) is 7.58. The Bertz CT molecular complexity index is 681. The van der Waals surface area contributed by atoms with Crippen molar-refractivity contribution >= 4 is 11.7 Å². The van der Waals surface area contributed by atoms with E-state index in [0.717, 1.165) is 30.2 Å². The zero-order chi connectivity index (χ0) is 16.4. The van der Waals surface area contributed by atoms with Gasteiger partial charge in [-0.2, -0.15) is 5.10 Å². The number of aromatic nitrogens is 2. The normalized spacial score (nSPS) is 14.5. The summed E-state index contributed by atoms with van der Waals surface area (Å²) >= 11 is 0. The number of anilines is 1. The van der Waals surface area contributed by atoms with Crippen LogP contribution in [0.5, 0.6) is 0 Å². The van der Waals surface area contributed by atoms with Gasteiger partial charge in [0, 0.05) is 20.1 Å². The van der Waals surface area contributed by atoms with Crippen LogP contribution in [-0.4, -0.2) is 47.2 Å². The smallest absolute Gasteiger partial charge is 0.227 e. The van der Waals surface area contributed by atoms with Crippen molar-refractivity contribution < 1.29 is 9.18 Å². The van der Waals surface area contributed by atoms with Crippen LogP contribution in [0.2, 0.25) is 0 Å². The molecule has 0 aliphatic carbocycles. The third-order valence-electron chi connectivity index (χ3n) is 4.18. The average molecular weight is 314 g/mol. The fourth-order valence-corrected chi connectivity index (χ4v) is 2.55. The van der Waals surface area contributed by atoms with Crippen molar-refractivity contribution in [2.75, 3.05) is 25.0 Å². The molecule has 5 nitrogen and oxygen atoms in total. The molecule has 2 aromatic rings. The molecule has 1 aliphatic rings. The van der Waals surface area contributed by atoms with Crippen molar-refractivity contribution in [2.24, 2.45) is 0 Å². The van der Waals surface area contributed by atoms with Crippen LogP contribution >= 0.6 is 0 Å². The first-order chi connectivity index (χ1) is 11.0. The van der Waals surface area contributed by atoms with E-state index in [1.54, 1.807) is 17.0 Å². The summed E-state index contributed by atoms with van der Waals surface area (Å²) in [4.78, 5) is 16.2. The number of carbonyl (C=O) groups is 1. The monoisotopic (exact) mass is 314 g/mol. The van der Waals surface area contributed by atoms with Crippen LogP contribution in [0.25, 0.3) is 0 Å². The molecule has 1 aromatic heterocycles. The topological polar surface area (TPSA) is 49.3 Å². The molecule has 1 saturated heterocycles. The van der Waals surface area contributed by atoms with Gasteiger partial charge in [-0.05, 0) is 36.8 Å². The number of hydrogen-bond donors (Lipinski definition) is 0. The summed E-state index contributed by atoms with van der Waals surface area (Å²) in [5.41, 5.74) is 1.71. The van der Waals surface area contributed by atoms with Crippen LogP contribution in [0.3, 0.4) is 0 Å². The van der Waals surface area contributed by atoms with Gasteiger partial charge in [-0.3, -0.25) is 4.79 Å². The Labute approximate surface area is 134 Å². The van der Waals surface area contributed by atoms with Gasteiger partial charge in [-0.25, -0.2) is 4.39 Å². The molecule has 1 aliphatic heterocycles. The number of carbonyl (C=O) groups excluding carboxylic acids is 1. The summed E-state index contributed by atoms with van der Waals surface area (Å²) in [6, 6.07) is 10.1. The van der Waals surface area contributed by atoms with Crippen molar-refractivity contribution in [3.63, 3.8) is 0 Å². The fraction of sp³-hybridized carbons (Fsp3) is 0.353. The molecule has 0 radical (unpaired) electrons.